The van der Waals surface area contributed by atoms with Crippen LogP contribution in [-0.4, -0.2) is 81.1 Å². The summed E-state index contributed by atoms with van der Waals surface area (Å²) in [5.74, 6) is -8.13. The fourth-order valence-electron chi connectivity index (χ4n) is 8.22. The number of esters is 2. The Bertz CT molecular complexity index is 1060. The van der Waals surface area contributed by atoms with E-state index in [0.717, 1.165) is 0 Å². The summed E-state index contributed by atoms with van der Waals surface area (Å²) in [5, 5.41) is 45.3. The maximum Gasteiger partial charge on any atom is 0.335 e. The lowest BCUT2D eigenvalue weighted by atomic mass is 9.37. The summed E-state index contributed by atoms with van der Waals surface area (Å²) in [6.45, 7) is 7.86. The summed E-state index contributed by atoms with van der Waals surface area (Å²) in [7, 11) is 0. The largest absolute Gasteiger partial charge is 0.456 e. The van der Waals surface area contributed by atoms with Crippen molar-refractivity contribution in [1.82, 2.24) is 0 Å². The first-order chi connectivity index (χ1) is 16.3. The molecule has 0 unspecified atom stereocenters. The number of aliphatic hydroxyl groups excluding tert-OH is 3. The molecule has 0 amide bonds. The lowest BCUT2D eigenvalue weighted by molar-refractivity contribution is -0.352. The van der Waals surface area contributed by atoms with Crippen molar-refractivity contribution in [2.24, 2.45) is 34.5 Å². The zero-order valence-electron chi connectivity index (χ0n) is 20.3. The minimum absolute atomic E-state index is 0.238. The van der Waals surface area contributed by atoms with Crippen LogP contribution in [0.1, 0.15) is 34.6 Å². The predicted molar refractivity (Wildman–Crippen MR) is 117 cm³/mol. The number of ketones is 1. The minimum Gasteiger partial charge on any atom is -0.456 e. The van der Waals surface area contributed by atoms with E-state index in [4.69, 9.17) is 14.2 Å². The number of ether oxygens (including phenoxy) is 3. The second kappa shape index (κ2) is 7.45. The smallest absolute Gasteiger partial charge is 0.335 e. The average molecular weight is 493 g/mol. The van der Waals surface area contributed by atoms with Crippen LogP contribution < -0.4 is 0 Å². The van der Waals surface area contributed by atoms with E-state index in [1.165, 1.54) is 6.08 Å². The van der Waals surface area contributed by atoms with E-state index < -0.39 is 88.5 Å². The Morgan fingerprint density at radius 2 is 1.91 bits per heavy atom. The first-order valence-corrected chi connectivity index (χ1v) is 11.9. The van der Waals surface area contributed by atoms with Crippen molar-refractivity contribution in [3.8, 4) is 0 Å². The Hall–Kier alpha value is -2.11. The van der Waals surface area contributed by atoms with Gasteiger partial charge in [-0.3, -0.25) is 4.79 Å². The molecule has 5 rings (SSSR count). The van der Waals surface area contributed by atoms with Gasteiger partial charge in [-0.25, -0.2) is 9.59 Å². The van der Waals surface area contributed by atoms with Gasteiger partial charge in [-0.2, -0.15) is 0 Å². The van der Waals surface area contributed by atoms with E-state index in [1.807, 2.05) is 0 Å². The molecule has 0 radical (unpaired) electrons. The van der Waals surface area contributed by atoms with Gasteiger partial charge >= 0.3 is 11.9 Å². The molecule has 2 saturated carbocycles. The Labute approximate surface area is 202 Å². The number of aliphatic hydroxyl groups is 4. The van der Waals surface area contributed by atoms with Crippen LogP contribution in [0, 0.1) is 34.5 Å². The second-order valence-corrected chi connectivity index (χ2v) is 11.1. The Kier molecular flexibility index (Phi) is 5.23. The summed E-state index contributed by atoms with van der Waals surface area (Å²) >= 11 is 0. The molecule has 192 valence electrons. The van der Waals surface area contributed by atoms with Crippen LogP contribution in [0.4, 0.5) is 0 Å². The van der Waals surface area contributed by atoms with Gasteiger partial charge in [0.15, 0.2) is 17.7 Å². The lowest BCUT2D eigenvalue weighted by Crippen LogP contribution is -2.81. The van der Waals surface area contributed by atoms with E-state index in [1.54, 1.807) is 40.7 Å². The van der Waals surface area contributed by atoms with Crippen molar-refractivity contribution in [2.75, 3.05) is 6.61 Å². The number of allylic oxidation sites excluding steroid dienone is 1. The van der Waals surface area contributed by atoms with Crippen LogP contribution in [0.25, 0.3) is 0 Å². The Morgan fingerprint density at radius 1 is 1.26 bits per heavy atom. The quantitative estimate of drug-likeness (QED) is 0.296. The SMILES string of the molecule is CC=C(C)C(=O)O[C@@H]1[C@H]2C(C)=CC(=O)[C@@H](O)[C@]2(C)[C@H]2[C@@]3(O)OC[C@]24[C@H]([C@@H](C)[C@H]3O)[C@@H](O)C(=O)O[C@H]14. The molecule has 0 aromatic carbocycles. The maximum absolute atomic E-state index is 13.0. The van der Waals surface area contributed by atoms with Crippen molar-refractivity contribution in [3.05, 3.63) is 23.3 Å². The third kappa shape index (κ3) is 2.69. The molecule has 4 N–H and O–H groups in total. The molecule has 12 atom stereocenters. The second-order valence-electron chi connectivity index (χ2n) is 11.1. The number of carbonyl (C=O) groups is 3. The Balaban J connectivity index is 1.81. The van der Waals surface area contributed by atoms with Crippen LogP contribution in [0.15, 0.2) is 23.3 Å². The van der Waals surface area contributed by atoms with Crippen molar-refractivity contribution >= 4 is 17.7 Å². The van der Waals surface area contributed by atoms with Gasteiger partial charge in [0, 0.05) is 34.2 Å². The highest BCUT2D eigenvalue weighted by molar-refractivity contribution is 5.96. The molecule has 35 heavy (non-hydrogen) atoms. The molecule has 0 aromatic rings. The maximum atomic E-state index is 13.0. The van der Waals surface area contributed by atoms with E-state index in [-0.39, 0.29) is 6.61 Å². The molecule has 0 aromatic heterocycles. The summed E-state index contributed by atoms with van der Waals surface area (Å²) < 4.78 is 17.6. The monoisotopic (exact) mass is 492 g/mol. The zero-order chi connectivity index (χ0) is 25.8. The highest BCUT2D eigenvalue weighted by Crippen LogP contribution is 2.73. The van der Waals surface area contributed by atoms with Crippen molar-refractivity contribution in [2.45, 2.75) is 70.9 Å². The molecule has 10 nitrogen and oxygen atoms in total. The van der Waals surface area contributed by atoms with E-state index in [2.05, 4.69) is 0 Å². The molecular formula is C25H32O10. The summed E-state index contributed by atoms with van der Waals surface area (Å²) in [5.41, 5.74) is -2.05. The average Bonchev–Trinajstić information content (AvgIpc) is 3.09. The van der Waals surface area contributed by atoms with Crippen molar-refractivity contribution in [3.63, 3.8) is 0 Å². The molecule has 1 spiro atoms. The standard InChI is InChI=1S/C25H32O10/c1-6-9(2)20(30)34-16-13-10(3)7-12(26)18(29)23(13,5)22-24-8-33-25(22,32)17(28)11(4)14(24)15(27)21(31)35-19(16)24/h6-7,11,13-19,22,27-29,32H,8H2,1-5H3/t11-,13-,14-,15-,16-,17-,18-,19-,22-,23-,24-,25+/m1/s1. The summed E-state index contributed by atoms with van der Waals surface area (Å²) in [4.78, 5) is 38.8. The van der Waals surface area contributed by atoms with Crippen molar-refractivity contribution < 1.29 is 49.0 Å². The zero-order valence-corrected chi connectivity index (χ0v) is 20.3. The topological polar surface area (TPSA) is 160 Å². The number of rotatable bonds is 2. The van der Waals surface area contributed by atoms with Gasteiger partial charge in [-0.05, 0) is 32.8 Å². The van der Waals surface area contributed by atoms with E-state index in [0.29, 0.717) is 11.1 Å². The summed E-state index contributed by atoms with van der Waals surface area (Å²) in [6.07, 6.45) is -4.27. The third-order valence-electron chi connectivity index (χ3n) is 9.60. The molecule has 10 heteroatoms. The number of hydrogen-bond acceptors (Lipinski definition) is 10. The fraction of sp³-hybridized carbons (Fsp3) is 0.720. The molecule has 5 aliphatic rings. The predicted octanol–water partition coefficient (Wildman–Crippen LogP) is -0.375. The third-order valence-corrected chi connectivity index (χ3v) is 9.60. The minimum atomic E-state index is -2.20. The number of hydrogen-bond donors (Lipinski definition) is 4. The van der Waals surface area contributed by atoms with Gasteiger partial charge < -0.3 is 34.6 Å². The van der Waals surface area contributed by atoms with E-state index >= 15 is 0 Å². The first-order valence-electron chi connectivity index (χ1n) is 11.9. The molecule has 2 heterocycles. The van der Waals surface area contributed by atoms with Gasteiger partial charge in [0.25, 0.3) is 0 Å². The highest BCUT2D eigenvalue weighted by atomic mass is 16.7. The number of carbonyl (C=O) groups excluding carboxylic acids is 3. The van der Waals surface area contributed by atoms with Gasteiger partial charge in [0.05, 0.1) is 6.61 Å². The molecule has 2 saturated heterocycles. The molecule has 2 bridgehead atoms. The first kappa shape index (κ1) is 24.6. The van der Waals surface area contributed by atoms with Crippen LogP contribution in [0.5, 0.6) is 0 Å². The van der Waals surface area contributed by atoms with Gasteiger partial charge in [-0.15, -0.1) is 0 Å². The van der Waals surface area contributed by atoms with Crippen LogP contribution in [-0.2, 0) is 28.6 Å². The molecular weight excluding hydrogens is 460 g/mol. The molecule has 3 aliphatic carbocycles. The highest BCUT2D eigenvalue weighted by Gasteiger charge is 2.85. The fourth-order valence-corrected chi connectivity index (χ4v) is 8.22. The summed E-state index contributed by atoms with van der Waals surface area (Å²) in [6, 6.07) is 0. The van der Waals surface area contributed by atoms with Crippen LogP contribution in [0.2, 0.25) is 0 Å². The number of fused-ring (bicyclic) bond motifs is 1. The van der Waals surface area contributed by atoms with Crippen LogP contribution >= 0.6 is 0 Å². The molecule has 2 aliphatic heterocycles. The lowest BCUT2D eigenvalue weighted by Gasteiger charge is -2.69. The van der Waals surface area contributed by atoms with Crippen LogP contribution in [0.3, 0.4) is 0 Å². The molecule has 4 fully saturated rings. The van der Waals surface area contributed by atoms with Crippen molar-refractivity contribution in [1.29, 1.82) is 0 Å². The Morgan fingerprint density at radius 3 is 2.54 bits per heavy atom. The van der Waals surface area contributed by atoms with Gasteiger partial charge in [0.1, 0.15) is 24.4 Å². The normalized spacial score (nSPS) is 52.8. The van der Waals surface area contributed by atoms with Gasteiger partial charge in [-0.1, -0.05) is 25.5 Å². The van der Waals surface area contributed by atoms with Gasteiger partial charge in [0.2, 0.25) is 0 Å². The van der Waals surface area contributed by atoms with E-state index in [9.17, 15) is 34.8 Å².